The normalized spacial score (nSPS) is 6.14. The van der Waals surface area contributed by atoms with Crippen molar-refractivity contribution in [2.75, 3.05) is 5.33 Å². The molecule has 0 aliphatic carbocycles. The van der Waals surface area contributed by atoms with Crippen molar-refractivity contribution >= 4 is 33.7 Å². The maximum atomic E-state index is 6.14. The third-order valence-electron chi connectivity index (χ3n) is 0. The minimum atomic E-state index is -0.139. The molecular formula is C3H9BrN2S. The Hall–Kier alpha value is 0.300. The van der Waals surface area contributed by atoms with Gasteiger partial charge in [0.2, 0.25) is 0 Å². The van der Waals surface area contributed by atoms with Crippen molar-refractivity contribution in [1.82, 2.24) is 0 Å². The number of nitrogens with two attached hydrogens (primary N) is 1. The van der Waals surface area contributed by atoms with E-state index in [0.29, 0.717) is 0 Å². The molecule has 0 aliphatic rings. The van der Waals surface area contributed by atoms with Crippen molar-refractivity contribution in [3.63, 3.8) is 0 Å². The fourth-order valence-corrected chi connectivity index (χ4v) is 0. The molecule has 7 heavy (non-hydrogen) atoms. The average molecular weight is 185 g/mol. The molecule has 0 aromatic rings. The first-order valence-electron chi connectivity index (χ1n) is 1.74. The van der Waals surface area contributed by atoms with Crippen LogP contribution in [0.25, 0.3) is 0 Å². The molecule has 0 bridgehead atoms. The van der Waals surface area contributed by atoms with Crippen LogP contribution in [0.4, 0.5) is 0 Å². The van der Waals surface area contributed by atoms with Gasteiger partial charge in [0.1, 0.15) is 5.17 Å². The standard InChI is InChI=1S/C2H5Br.CH4N2S/c1-2-3;2-1(3)4/h2H2,1H3;(H4,2,3,4). The zero-order chi connectivity index (χ0) is 6.28. The van der Waals surface area contributed by atoms with Crippen LogP contribution in [0, 0.1) is 5.41 Å². The van der Waals surface area contributed by atoms with Gasteiger partial charge in [-0.1, -0.05) is 22.9 Å². The molecule has 0 radical (unpaired) electrons. The fraction of sp³-hybridized carbons (Fsp3) is 0.667. The molecule has 0 spiro atoms. The van der Waals surface area contributed by atoms with Crippen LogP contribution >= 0.6 is 28.6 Å². The van der Waals surface area contributed by atoms with Gasteiger partial charge in [-0.15, -0.1) is 12.6 Å². The fourth-order valence-electron chi connectivity index (χ4n) is 0. The van der Waals surface area contributed by atoms with Gasteiger partial charge in [-0.05, 0) is 0 Å². The Labute approximate surface area is 57.5 Å². The number of nitrogens with one attached hydrogen (secondary N) is 1. The van der Waals surface area contributed by atoms with E-state index in [0.717, 1.165) is 5.33 Å². The summed E-state index contributed by atoms with van der Waals surface area (Å²) >= 11 is 6.47. The summed E-state index contributed by atoms with van der Waals surface area (Å²) in [6.07, 6.45) is 0. The molecule has 3 N–H and O–H groups in total. The molecule has 0 saturated heterocycles. The molecule has 0 rings (SSSR count). The summed E-state index contributed by atoms with van der Waals surface area (Å²) < 4.78 is 0. The van der Waals surface area contributed by atoms with E-state index in [-0.39, 0.29) is 5.17 Å². The zero-order valence-corrected chi connectivity index (χ0v) is 6.59. The average Bonchev–Trinajstić information content (AvgIpc) is 1.33. The molecule has 0 amide bonds. The smallest absolute Gasteiger partial charge is 0.147 e. The summed E-state index contributed by atoms with van der Waals surface area (Å²) in [7, 11) is 0. The second kappa shape index (κ2) is 9.57. The highest BCUT2D eigenvalue weighted by molar-refractivity contribution is 9.09. The Bertz CT molecular complexity index is 44.2. The topological polar surface area (TPSA) is 49.9 Å². The highest BCUT2D eigenvalue weighted by Crippen LogP contribution is 1.67. The Morgan fingerprint density at radius 3 is 2.00 bits per heavy atom. The van der Waals surface area contributed by atoms with E-state index in [9.17, 15) is 0 Å². The van der Waals surface area contributed by atoms with Crippen molar-refractivity contribution in [3.05, 3.63) is 0 Å². The maximum Gasteiger partial charge on any atom is 0.147 e. The highest BCUT2D eigenvalue weighted by Gasteiger charge is 1.55. The van der Waals surface area contributed by atoms with Crippen molar-refractivity contribution in [2.24, 2.45) is 5.73 Å². The monoisotopic (exact) mass is 184 g/mol. The van der Waals surface area contributed by atoms with Gasteiger partial charge < -0.3 is 5.73 Å². The Kier molecular flexibility index (Phi) is 14.1. The van der Waals surface area contributed by atoms with E-state index >= 15 is 0 Å². The van der Waals surface area contributed by atoms with Crippen LogP contribution in [-0.4, -0.2) is 10.5 Å². The number of hydrogen-bond donors (Lipinski definition) is 3. The van der Waals surface area contributed by atoms with Crippen molar-refractivity contribution < 1.29 is 0 Å². The number of halogens is 1. The summed E-state index contributed by atoms with van der Waals surface area (Å²) in [6, 6.07) is 0. The third-order valence-corrected chi connectivity index (χ3v) is 0. The summed E-state index contributed by atoms with van der Waals surface area (Å²) in [5, 5.41) is 7.07. The van der Waals surface area contributed by atoms with Crippen LogP contribution < -0.4 is 5.73 Å². The quantitative estimate of drug-likeness (QED) is 0.226. The van der Waals surface area contributed by atoms with E-state index in [1.165, 1.54) is 0 Å². The van der Waals surface area contributed by atoms with Gasteiger partial charge in [0.05, 0.1) is 0 Å². The molecule has 44 valence electrons. The van der Waals surface area contributed by atoms with E-state index in [4.69, 9.17) is 5.41 Å². The minimum Gasteiger partial charge on any atom is -0.379 e. The van der Waals surface area contributed by atoms with Crippen LogP contribution in [0.1, 0.15) is 6.92 Å². The zero-order valence-electron chi connectivity index (χ0n) is 4.11. The van der Waals surface area contributed by atoms with Crippen molar-refractivity contribution in [2.45, 2.75) is 6.92 Å². The van der Waals surface area contributed by atoms with Crippen molar-refractivity contribution in [1.29, 1.82) is 5.41 Å². The predicted octanol–water partition coefficient (Wildman–Crippen LogP) is 1.21. The Balaban J connectivity index is 0. The molecule has 4 heteroatoms. The molecular weight excluding hydrogens is 176 g/mol. The summed E-state index contributed by atoms with van der Waals surface area (Å²) in [4.78, 5) is 0. The summed E-state index contributed by atoms with van der Waals surface area (Å²) in [6.45, 7) is 2.04. The maximum absolute atomic E-state index is 6.14. The van der Waals surface area contributed by atoms with Crippen LogP contribution in [0.5, 0.6) is 0 Å². The molecule has 0 aromatic heterocycles. The van der Waals surface area contributed by atoms with E-state index in [1.807, 2.05) is 6.92 Å². The lowest BCUT2D eigenvalue weighted by Gasteiger charge is -1.65. The lowest BCUT2D eigenvalue weighted by Crippen LogP contribution is -1.96. The molecule has 0 unspecified atom stereocenters. The predicted molar refractivity (Wildman–Crippen MR) is 40.4 cm³/mol. The van der Waals surface area contributed by atoms with Gasteiger partial charge in [-0.2, -0.15) is 0 Å². The molecule has 0 aliphatic heterocycles. The van der Waals surface area contributed by atoms with E-state index in [2.05, 4.69) is 34.3 Å². The largest absolute Gasteiger partial charge is 0.379 e. The number of hydrogen-bond acceptors (Lipinski definition) is 1. The molecule has 2 nitrogen and oxygen atoms in total. The van der Waals surface area contributed by atoms with E-state index in [1.54, 1.807) is 0 Å². The summed E-state index contributed by atoms with van der Waals surface area (Å²) in [5.74, 6) is 0. The number of thiol groups is 1. The lowest BCUT2D eigenvalue weighted by molar-refractivity contribution is 1.51. The summed E-state index contributed by atoms with van der Waals surface area (Å²) in [5.41, 5.74) is 4.56. The molecule has 0 atom stereocenters. The van der Waals surface area contributed by atoms with Gasteiger partial charge in [0.15, 0.2) is 0 Å². The van der Waals surface area contributed by atoms with Gasteiger partial charge in [-0.25, -0.2) is 0 Å². The van der Waals surface area contributed by atoms with Gasteiger partial charge >= 0.3 is 0 Å². The molecule has 0 fully saturated rings. The lowest BCUT2D eigenvalue weighted by atomic mass is 11.0. The Morgan fingerprint density at radius 1 is 2.00 bits per heavy atom. The number of amidine groups is 1. The Morgan fingerprint density at radius 2 is 2.00 bits per heavy atom. The van der Waals surface area contributed by atoms with Gasteiger partial charge in [0, 0.05) is 5.33 Å². The third kappa shape index (κ3) is 1290. The molecule has 0 aromatic carbocycles. The first kappa shape index (κ1) is 10.3. The number of alkyl halides is 1. The van der Waals surface area contributed by atoms with Crippen LogP contribution in [-0.2, 0) is 0 Å². The molecule has 0 saturated carbocycles. The minimum absolute atomic E-state index is 0.139. The van der Waals surface area contributed by atoms with E-state index < -0.39 is 0 Å². The molecule has 0 heterocycles. The first-order chi connectivity index (χ1) is 3.15. The van der Waals surface area contributed by atoms with Gasteiger partial charge in [-0.3, -0.25) is 5.41 Å². The van der Waals surface area contributed by atoms with Crippen LogP contribution in [0.15, 0.2) is 0 Å². The van der Waals surface area contributed by atoms with Crippen LogP contribution in [0.2, 0.25) is 0 Å². The highest BCUT2D eigenvalue weighted by atomic mass is 79.9. The van der Waals surface area contributed by atoms with Crippen molar-refractivity contribution in [3.8, 4) is 0 Å². The number of rotatable bonds is 0. The van der Waals surface area contributed by atoms with Crippen LogP contribution in [0.3, 0.4) is 0 Å². The SMILES string of the molecule is CCBr.N=C(N)S. The second-order valence-corrected chi connectivity index (χ2v) is 2.26. The van der Waals surface area contributed by atoms with Gasteiger partial charge in [0.25, 0.3) is 0 Å². The first-order valence-corrected chi connectivity index (χ1v) is 3.31. The second-order valence-electron chi connectivity index (χ2n) is 0.653.